The van der Waals surface area contributed by atoms with E-state index in [0.717, 1.165) is 4.90 Å². The van der Waals surface area contributed by atoms with Crippen LogP contribution in [0, 0.1) is 0 Å². The van der Waals surface area contributed by atoms with Crippen LogP contribution in [-0.2, 0) is 0 Å². The molecule has 0 aliphatic rings. The minimum absolute atomic E-state index is 0.0894. The van der Waals surface area contributed by atoms with Crippen molar-refractivity contribution in [1.29, 1.82) is 0 Å². The van der Waals surface area contributed by atoms with Crippen LogP contribution in [-0.4, -0.2) is 0 Å². The lowest BCUT2D eigenvalue weighted by atomic mass is 9.95. The van der Waals surface area contributed by atoms with Crippen LogP contribution in [0.2, 0.25) is 0 Å². The Labute approximate surface area is 271 Å². The number of para-hydroxylation sites is 1. The monoisotopic (exact) mass is 556 g/mol. The highest BCUT2D eigenvalue weighted by Crippen LogP contribution is 2.46. The quantitative estimate of drug-likeness (QED) is 0.210. The molecule has 0 aliphatic carbocycles. The molecule has 0 atom stereocenters. The van der Waals surface area contributed by atoms with Crippen LogP contribution in [0.5, 0.6) is 0 Å². The Hall–Kier alpha value is -5.60. The lowest BCUT2D eigenvalue weighted by Gasteiger charge is -2.26. The maximum atomic E-state index is 9.37. The Balaban J connectivity index is 1.56. The molecule has 0 aliphatic heterocycles. The second-order valence-corrected chi connectivity index (χ2v) is 9.13. The molecule has 2 heteroatoms. The van der Waals surface area contributed by atoms with Crippen LogP contribution in [0.4, 0.5) is 17.1 Å². The van der Waals surface area contributed by atoms with Gasteiger partial charge < -0.3 is 9.32 Å². The molecule has 1 heterocycles. The van der Waals surface area contributed by atoms with E-state index in [4.69, 9.17) is 27.7 Å². The zero-order chi connectivity index (χ0) is 44.4. The largest absolute Gasteiger partial charge is 0.455 e. The lowest BCUT2D eigenvalue weighted by molar-refractivity contribution is 0.672. The molecule has 0 saturated carbocycles. The second kappa shape index (κ2) is 10.1. The summed E-state index contributed by atoms with van der Waals surface area (Å²) in [5.41, 5.74) is -2.18. The van der Waals surface area contributed by atoms with E-state index in [0.29, 0.717) is 10.8 Å². The van der Waals surface area contributed by atoms with E-state index < -0.39 is 137 Å². The predicted octanol–water partition coefficient (Wildman–Crippen LogP) is 11.5. The molecular weight excluding hydrogens is 510 g/mol. The molecule has 0 fully saturated rings. The lowest BCUT2D eigenvalue weighted by Crippen LogP contribution is -2.10. The molecule has 0 N–H and O–H groups in total. The smallest absolute Gasteiger partial charge is 0.143 e. The van der Waals surface area contributed by atoms with Gasteiger partial charge in [0.05, 0.1) is 37.1 Å². The summed E-state index contributed by atoms with van der Waals surface area (Å²) in [5.74, 6) is 0. The van der Waals surface area contributed by atoms with Gasteiger partial charge in [0.1, 0.15) is 11.2 Å². The summed E-state index contributed by atoms with van der Waals surface area (Å²) >= 11 is 0. The van der Waals surface area contributed by atoms with Gasteiger partial charge in [0, 0.05) is 22.1 Å². The van der Waals surface area contributed by atoms with Gasteiger partial charge in [0.2, 0.25) is 0 Å². The van der Waals surface area contributed by atoms with Crippen LogP contribution in [0.15, 0.2) is 168 Å². The summed E-state index contributed by atoms with van der Waals surface area (Å²) < 4.78 is 171. The zero-order valence-electron chi connectivity index (χ0n) is 40.5. The Morgan fingerprint density at radius 3 is 1.81 bits per heavy atom. The molecule has 7 aromatic carbocycles. The fourth-order valence-electron chi connectivity index (χ4n) is 5.03. The molecule has 0 unspecified atom stereocenters. The van der Waals surface area contributed by atoms with Gasteiger partial charge in [-0.25, -0.2) is 0 Å². The average Bonchev–Trinajstić information content (AvgIpc) is 3.64. The third kappa shape index (κ3) is 4.05. The Bertz CT molecular complexity index is 3150. The average molecular weight is 557 g/mol. The summed E-state index contributed by atoms with van der Waals surface area (Å²) in [6.07, 6.45) is 0. The normalized spacial score (nSPS) is 17.7. The molecule has 2 nitrogen and oxygen atoms in total. The summed E-state index contributed by atoms with van der Waals surface area (Å²) in [4.78, 5) is 0.962. The maximum Gasteiger partial charge on any atom is 0.143 e. The first-order valence-electron chi connectivity index (χ1n) is 22.2. The van der Waals surface area contributed by atoms with Crippen LogP contribution < -0.4 is 4.90 Å². The van der Waals surface area contributed by atoms with Crippen LogP contribution in [0.3, 0.4) is 0 Å². The van der Waals surface area contributed by atoms with Gasteiger partial charge >= 0.3 is 0 Å². The van der Waals surface area contributed by atoms with Gasteiger partial charge in [-0.1, -0.05) is 121 Å². The van der Waals surface area contributed by atoms with E-state index >= 15 is 0 Å². The van der Waals surface area contributed by atoms with Crippen molar-refractivity contribution in [2.24, 2.45) is 0 Å². The van der Waals surface area contributed by atoms with Crippen LogP contribution in [0.25, 0.3) is 55.0 Å². The van der Waals surface area contributed by atoms with Gasteiger partial charge in [0.15, 0.2) is 0 Å². The standard InChI is InChI=1S/C40H27NO/c1-4-13-28(14-5-1)29-23-25-32(26-24-29)41(31-17-8-3-9-18-31)37-21-12-22-38-39(37)36-27-35(30-15-6-2-7-16-30)33-19-10-11-20-34(33)40(36)42-38/h1-27H/i1D,2D,3D,4D,5D,6D,7D,8D,9D,13D,14D,15D,16D,17D,18D,23D,24D,25D,26D. The van der Waals surface area contributed by atoms with Gasteiger partial charge in [-0.15, -0.1) is 0 Å². The van der Waals surface area contributed by atoms with Crippen LogP contribution in [0.1, 0.15) is 26.0 Å². The number of fused-ring (bicyclic) bond motifs is 5. The molecule has 1 aromatic heterocycles. The Morgan fingerprint density at radius 1 is 0.500 bits per heavy atom. The summed E-state index contributed by atoms with van der Waals surface area (Å²) in [6.45, 7) is 0. The topological polar surface area (TPSA) is 16.4 Å². The van der Waals surface area contributed by atoms with Crippen molar-refractivity contribution in [3.05, 3.63) is 163 Å². The highest BCUT2D eigenvalue weighted by atomic mass is 16.3. The van der Waals surface area contributed by atoms with Crippen molar-refractivity contribution < 1.29 is 30.5 Å². The van der Waals surface area contributed by atoms with Gasteiger partial charge in [-0.3, -0.25) is 0 Å². The summed E-state index contributed by atoms with van der Waals surface area (Å²) in [7, 11) is 0. The first kappa shape index (κ1) is 11.7. The first-order valence-corrected chi connectivity index (χ1v) is 12.7. The first-order chi connectivity index (χ1) is 28.7. The molecule has 42 heavy (non-hydrogen) atoms. The molecule has 0 radical (unpaired) electrons. The van der Waals surface area contributed by atoms with Crippen molar-refractivity contribution >= 4 is 49.8 Å². The second-order valence-electron chi connectivity index (χ2n) is 9.13. The molecule has 8 aromatic rings. The van der Waals surface area contributed by atoms with E-state index in [2.05, 4.69) is 0 Å². The molecule has 198 valence electrons. The van der Waals surface area contributed by atoms with E-state index in [9.17, 15) is 2.74 Å². The molecule has 0 amide bonds. The number of anilines is 3. The van der Waals surface area contributed by atoms with E-state index in [-0.39, 0.29) is 38.8 Å². The number of benzene rings is 7. The number of furan rings is 1. The third-order valence-electron chi connectivity index (χ3n) is 6.79. The summed E-state index contributed by atoms with van der Waals surface area (Å²) in [6, 6.07) is -1.37. The highest BCUT2D eigenvalue weighted by Gasteiger charge is 2.21. The van der Waals surface area contributed by atoms with Crippen molar-refractivity contribution in [3.8, 4) is 22.3 Å². The number of hydrogen-bond donors (Lipinski definition) is 0. The van der Waals surface area contributed by atoms with Gasteiger partial charge in [0.25, 0.3) is 0 Å². The van der Waals surface area contributed by atoms with Gasteiger partial charge in [-0.05, 0) is 70.0 Å². The van der Waals surface area contributed by atoms with Crippen molar-refractivity contribution in [1.82, 2.24) is 0 Å². The number of nitrogens with zero attached hydrogens (tertiary/aromatic N) is 1. The zero-order valence-corrected chi connectivity index (χ0v) is 21.5. The van der Waals surface area contributed by atoms with E-state index in [1.165, 1.54) is 18.2 Å². The van der Waals surface area contributed by atoms with Crippen molar-refractivity contribution in [2.45, 2.75) is 0 Å². The summed E-state index contributed by atoms with van der Waals surface area (Å²) in [5, 5.41) is 1.25. The predicted molar refractivity (Wildman–Crippen MR) is 177 cm³/mol. The van der Waals surface area contributed by atoms with Crippen molar-refractivity contribution in [3.63, 3.8) is 0 Å². The molecule has 8 rings (SSSR count). The Morgan fingerprint density at radius 2 is 1.10 bits per heavy atom. The highest BCUT2D eigenvalue weighted by molar-refractivity contribution is 6.22. The number of rotatable bonds is 5. The Kier molecular flexibility index (Phi) is 2.82. The molecule has 0 saturated heterocycles. The van der Waals surface area contributed by atoms with Crippen molar-refractivity contribution in [2.75, 3.05) is 4.90 Å². The minimum atomic E-state index is -0.871. The molecule has 0 spiro atoms. The minimum Gasteiger partial charge on any atom is -0.455 e. The van der Waals surface area contributed by atoms with Gasteiger partial charge in [-0.2, -0.15) is 0 Å². The van der Waals surface area contributed by atoms with E-state index in [1.807, 2.05) is 0 Å². The maximum absolute atomic E-state index is 9.37. The molecule has 0 bridgehead atoms. The molecular formula is C40H27NO. The fraction of sp³-hybridized carbons (Fsp3) is 0. The third-order valence-corrected chi connectivity index (χ3v) is 6.79. The fourth-order valence-corrected chi connectivity index (χ4v) is 5.03. The number of hydrogen-bond acceptors (Lipinski definition) is 2. The van der Waals surface area contributed by atoms with Crippen LogP contribution >= 0.6 is 0 Å². The van der Waals surface area contributed by atoms with E-state index in [1.54, 1.807) is 30.3 Å². The SMILES string of the molecule is [2H]c1c([2H])c([2H])c(-c2c([2H])c([2H])c(N(c3c([2H])c([2H])c([2H])c([2H])c3[2H])c3cccc4oc5c6ccccc6c(-c6c([2H])c([2H])c([2H])c([2H])c6[2H])cc5c34)c([2H])c2[2H])c([2H])c1[2H].